The van der Waals surface area contributed by atoms with E-state index in [0.717, 1.165) is 61.3 Å². The summed E-state index contributed by atoms with van der Waals surface area (Å²) in [4.78, 5) is 9.66. The largest absolute Gasteiger partial charge is 0.373 e. The standard InChI is InChI=1S/C26H27N5/c1-28-24-22-14-13-21(18-7-3-2-4-8-18)23(22)30-25(31-24)29-20-11-9-19(10-12-20)26(17-27)15-5-6-16-26/h2-4,7-12,21H,5-6,13-16H2,1H3,(H2,28,29,30,31). The molecule has 0 amide bonds. The molecule has 0 radical (unpaired) electrons. The fraction of sp³-hybridized carbons (Fsp3) is 0.346. The number of hydrogen-bond donors (Lipinski definition) is 2. The molecule has 0 bridgehead atoms. The highest BCUT2D eigenvalue weighted by Gasteiger charge is 2.35. The van der Waals surface area contributed by atoms with Crippen molar-refractivity contribution in [2.75, 3.05) is 17.7 Å². The second-order valence-corrected chi connectivity index (χ2v) is 8.61. The van der Waals surface area contributed by atoms with Crippen LogP contribution in [0.4, 0.5) is 17.5 Å². The van der Waals surface area contributed by atoms with Crippen LogP contribution >= 0.6 is 0 Å². The van der Waals surface area contributed by atoms with Crippen molar-refractivity contribution in [1.29, 1.82) is 5.26 Å². The third-order valence-electron chi connectivity index (χ3n) is 6.86. The van der Waals surface area contributed by atoms with Crippen molar-refractivity contribution in [3.05, 3.63) is 77.0 Å². The fourth-order valence-electron chi connectivity index (χ4n) is 5.18. The maximum Gasteiger partial charge on any atom is 0.229 e. The van der Waals surface area contributed by atoms with Gasteiger partial charge in [-0.3, -0.25) is 0 Å². The van der Waals surface area contributed by atoms with E-state index in [4.69, 9.17) is 9.97 Å². The second kappa shape index (κ2) is 8.03. The van der Waals surface area contributed by atoms with Gasteiger partial charge >= 0.3 is 0 Å². The predicted molar refractivity (Wildman–Crippen MR) is 124 cm³/mol. The highest BCUT2D eigenvalue weighted by atomic mass is 15.1. The highest BCUT2D eigenvalue weighted by molar-refractivity contribution is 5.60. The first-order chi connectivity index (χ1) is 15.2. The summed E-state index contributed by atoms with van der Waals surface area (Å²) in [5.41, 5.74) is 5.37. The summed E-state index contributed by atoms with van der Waals surface area (Å²) in [6.07, 6.45) is 6.21. The average Bonchev–Trinajstić information content (AvgIpc) is 3.48. The molecule has 2 aliphatic carbocycles. The van der Waals surface area contributed by atoms with E-state index in [2.05, 4.69) is 59.2 Å². The molecule has 31 heavy (non-hydrogen) atoms. The molecular weight excluding hydrogens is 382 g/mol. The van der Waals surface area contributed by atoms with E-state index in [1.165, 1.54) is 11.1 Å². The van der Waals surface area contributed by atoms with Crippen LogP contribution in [-0.2, 0) is 11.8 Å². The first-order valence-electron chi connectivity index (χ1n) is 11.1. The molecule has 3 aromatic rings. The van der Waals surface area contributed by atoms with Crippen LogP contribution in [-0.4, -0.2) is 17.0 Å². The molecule has 2 aromatic carbocycles. The monoisotopic (exact) mass is 409 g/mol. The number of hydrogen-bond acceptors (Lipinski definition) is 5. The quantitative estimate of drug-likeness (QED) is 0.567. The molecule has 2 N–H and O–H groups in total. The number of aromatic nitrogens is 2. The molecule has 2 aliphatic rings. The number of nitrogens with one attached hydrogen (secondary N) is 2. The molecule has 1 atom stereocenters. The summed E-state index contributed by atoms with van der Waals surface area (Å²) in [5.74, 6) is 1.80. The van der Waals surface area contributed by atoms with Crippen LogP contribution < -0.4 is 10.6 Å². The summed E-state index contributed by atoms with van der Waals surface area (Å²) >= 11 is 0. The normalized spacial score (nSPS) is 18.9. The van der Waals surface area contributed by atoms with Gasteiger partial charge in [-0.25, -0.2) is 4.98 Å². The van der Waals surface area contributed by atoms with Crippen LogP contribution in [0.15, 0.2) is 54.6 Å². The van der Waals surface area contributed by atoms with Gasteiger partial charge in [-0.05, 0) is 48.9 Å². The zero-order valence-electron chi connectivity index (χ0n) is 17.9. The molecule has 1 unspecified atom stereocenters. The Hall–Kier alpha value is -3.39. The smallest absolute Gasteiger partial charge is 0.229 e. The van der Waals surface area contributed by atoms with Crippen molar-refractivity contribution in [3.63, 3.8) is 0 Å². The van der Waals surface area contributed by atoms with Gasteiger partial charge < -0.3 is 10.6 Å². The van der Waals surface area contributed by atoms with Crippen molar-refractivity contribution in [2.45, 2.75) is 49.9 Å². The van der Waals surface area contributed by atoms with Gasteiger partial charge in [0.25, 0.3) is 0 Å². The average molecular weight is 410 g/mol. The van der Waals surface area contributed by atoms with Crippen molar-refractivity contribution in [1.82, 2.24) is 9.97 Å². The summed E-state index contributed by atoms with van der Waals surface area (Å²) in [6.45, 7) is 0. The van der Waals surface area contributed by atoms with Crippen molar-refractivity contribution < 1.29 is 0 Å². The van der Waals surface area contributed by atoms with E-state index >= 15 is 0 Å². The van der Waals surface area contributed by atoms with Gasteiger partial charge in [0.1, 0.15) is 5.82 Å². The zero-order valence-corrected chi connectivity index (χ0v) is 17.9. The molecular formula is C26H27N5. The Balaban J connectivity index is 1.43. The molecule has 1 aromatic heterocycles. The maximum atomic E-state index is 9.75. The van der Waals surface area contributed by atoms with Crippen molar-refractivity contribution in [3.8, 4) is 6.07 Å². The van der Waals surface area contributed by atoms with E-state index < -0.39 is 0 Å². The topological polar surface area (TPSA) is 73.6 Å². The lowest BCUT2D eigenvalue weighted by atomic mass is 9.80. The molecule has 156 valence electrons. The summed E-state index contributed by atoms with van der Waals surface area (Å²) in [5, 5.41) is 16.4. The van der Waals surface area contributed by atoms with Crippen LogP contribution in [0.25, 0.3) is 0 Å². The van der Waals surface area contributed by atoms with Crippen LogP contribution in [0.1, 0.15) is 60.4 Å². The van der Waals surface area contributed by atoms with Gasteiger partial charge in [0.2, 0.25) is 5.95 Å². The second-order valence-electron chi connectivity index (χ2n) is 8.61. The van der Waals surface area contributed by atoms with E-state index in [9.17, 15) is 5.26 Å². The van der Waals surface area contributed by atoms with Crippen molar-refractivity contribution in [2.24, 2.45) is 0 Å². The number of benzene rings is 2. The van der Waals surface area contributed by atoms with E-state index in [1.807, 2.05) is 19.2 Å². The lowest BCUT2D eigenvalue weighted by molar-refractivity contribution is 0.573. The molecule has 5 nitrogen and oxygen atoms in total. The third kappa shape index (κ3) is 3.53. The van der Waals surface area contributed by atoms with Gasteiger partial charge in [-0.1, -0.05) is 55.3 Å². The number of rotatable bonds is 5. The SMILES string of the molecule is CNc1nc(Nc2ccc(C3(C#N)CCCC3)cc2)nc2c1CCC2c1ccccc1. The predicted octanol–water partition coefficient (Wildman–Crippen LogP) is 5.68. The number of nitriles is 1. The summed E-state index contributed by atoms with van der Waals surface area (Å²) in [7, 11) is 1.92. The Morgan fingerprint density at radius 3 is 2.42 bits per heavy atom. The zero-order chi connectivity index (χ0) is 21.3. The molecule has 0 spiro atoms. The summed E-state index contributed by atoms with van der Waals surface area (Å²) < 4.78 is 0. The van der Waals surface area contributed by atoms with Gasteiger partial charge in [0.05, 0.1) is 17.2 Å². The van der Waals surface area contributed by atoms with E-state index in [1.54, 1.807) is 0 Å². The Morgan fingerprint density at radius 2 is 1.74 bits per heavy atom. The number of fused-ring (bicyclic) bond motifs is 1. The van der Waals surface area contributed by atoms with Gasteiger partial charge in [-0.2, -0.15) is 10.2 Å². The van der Waals surface area contributed by atoms with Crippen LogP contribution in [0.3, 0.4) is 0 Å². The Bertz CT molecular complexity index is 1110. The number of anilines is 3. The third-order valence-corrected chi connectivity index (χ3v) is 6.86. The minimum absolute atomic E-state index is 0.298. The van der Waals surface area contributed by atoms with Crippen LogP contribution in [0.2, 0.25) is 0 Å². The van der Waals surface area contributed by atoms with Gasteiger partial charge in [0, 0.05) is 24.2 Å². The Kier molecular flexibility index (Phi) is 5.07. The maximum absolute atomic E-state index is 9.75. The molecule has 0 saturated heterocycles. The molecule has 0 aliphatic heterocycles. The van der Waals surface area contributed by atoms with Crippen LogP contribution in [0.5, 0.6) is 0 Å². The molecule has 1 saturated carbocycles. The molecule has 1 heterocycles. The van der Waals surface area contributed by atoms with Gasteiger partial charge in [-0.15, -0.1) is 0 Å². The molecule has 5 heteroatoms. The number of nitrogens with zero attached hydrogens (tertiary/aromatic N) is 3. The van der Waals surface area contributed by atoms with E-state index in [-0.39, 0.29) is 5.41 Å². The fourth-order valence-corrected chi connectivity index (χ4v) is 5.18. The molecule has 1 fully saturated rings. The van der Waals surface area contributed by atoms with E-state index in [0.29, 0.717) is 11.9 Å². The van der Waals surface area contributed by atoms with Crippen LogP contribution in [0, 0.1) is 11.3 Å². The first kappa shape index (κ1) is 19.6. The summed E-state index contributed by atoms with van der Waals surface area (Å²) in [6, 6.07) is 21.4. The lowest BCUT2D eigenvalue weighted by Crippen LogP contribution is -2.19. The first-order valence-corrected chi connectivity index (χ1v) is 11.1. The van der Waals surface area contributed by atoms with Gasteiger partial charge in [0.15, 0.2) is 0 Å². The lowest BCUT2D eigenvalue weighted by Gasteiger charge is -2.21. The molecule has 5 rings (SSSR count). The van der Waals surface area contributed by atoms with Crippen molar-refractivity contribution >= 4 is 17.5 Å². The minimum Gasteiger partial charge on any atom is -0.373 e. The minimum atomic E-state index is -0.315. The Labute approximate surface area is 183 Å². The highest BCUT2D eigenvalue weighted by Crippen LogP contribution is 2.42. The Morgan fingerprint density at radius 1 is 1.00 bits per heavy atom.